The van der Waals surface area contributed by atoms with Crippen molar-refractivity contribution in [1.29, 1.82) is 0 Å². The van der Waals surface area contributed by atoms with Crippen molar-refractivity contribution in [1.82, 2.24) is 10.1 Å². The van der Waals surface area contributed by atoms with Crippen LogP contribution in [0.2, 0.25) is 5.02 Å². The van der Waals surface area contributed by atoms with Crippen LogP contribution in [0.4, 0.5) is 5.69 Å². The maximum atomic E-state index is 13.4. The highest BCUT2D eigenvalue weighted by molar-refractivity contribution is 7.13. The van der Waals surface area contributed by atoms with Crippen molar-refractivity contribution in [3.05, 3.63) is 75.6 Å². The van der Waals surface area contributed by atoms with Gasteiger partial charge in [-0.1, -0.05) is 28.9 Å². The Balaban J connectivity index is 1.36. The number of ether oxygens (including phenoxy) is 2. The largest absolute Gasteiger partial charge is 0.477 e. The quantitative estimate of drug-likeness (QED) is 0.389. The summed E-state index contributed by atoms with van der Waals surface area (Å²) in [6, 6.07) is 16.4. The van der Waals surface area contributed by atoms with Crippen LogP contribution in [0.1, 0.15) is 12.8 Å². The zero-order chi connectivity index (χ0) is 23.5. The second kappa shape index (κ2) is 9.46. The molecule has 34 heavy (non-hydrogen) atoms. The standard InChI is InChI=1S/C24H20ClN3O5S/c25-17-4-6-19(7-5-17)32-24(8-10-31-11-9-24)22(29)26-18-3-1-2-15(12-18)16-13-20(34-14-16)21-27-23(30)33-28-21/h1-7,12-14H,8-11H2,(H,26,29)(H,27,28,30). The maximum Gasteiger partial charge on any atom is 0.439 e. The fourth-order valence-corrected chi connectivity index (χ4v) is 4.75. The number of carbonyl (C=O) groups excluding carboxylic acids is 1. The second-order valence-electron chi connectivity index (χ2n) is 7.84. The van der Waals surface area contributed by atoms with Crippen LogP contribution in [0.5, 0.6) is 5.75 Å². The number of benzene rings is 2. The predicted octanol–water partition coefficient (Wildman–Crippen LogP) is 4.98. The Bertz CT molecular complexity index is 1360. The molecule has 3 heterocycles. The second-order valence-corrected chi connectivity index (χ2v) is 9.19. The SMILES string of the molecule is O=C(Nc1cccc(-c2csc(-c3noc(=O)[nH]3)c2)c1)C1(Oc2ccc(Cl)cc2)CCOCC1. The first-order valence-electron chi connectivity index (χ1n) is 10.6. The molecule has 174 valence electrons. The molecule has 4 aromatic rings. The summed E-state index contributed by atoms with van der Waals surface area (Å²) in [6.45, 7) is 0.867. The number of anilines is 1. The van der Waals surface area contributed by atoms with Gasteiger partial charge in [0.05, 0.1) is 18.1 Å². The van der Waals surface area contributed by atoms with Gasteiger partial charge in [-0.25, -0.2) is 4.79 Å². The zero-order valence-corrected chi connectivity index (χ0v) is 19.4. The molecule has 2 aromatic carbocycles. The van der Waals surface area contributed by atoms with Crippen molar-refractivity contribution in [3.63, 3.8) is 0 Å². The molecule has 0 spiro atoms. The van der Waals surface area contributed by atoms with Crippen molar-refractivity contribution in [2.45, 2.75) is 18.4 Å². The molecule has 0 aliphatic carbocycles. The minimum absolute atomic E-state index is 0.228. The lowest BCUT2D eigenvalue weighted by Crippen LogP contribution is -2.51. The minimum atomic E-state index is -1.05. The number of nitrogens with zero attached hydrogens (tertiary/aromatic N) is 1. The topological polar surface area (TPSA) is 106 Å². The van der Waals surface area contributed by atoms with Gasteiger partial charge in [0.25, 0.3) is 5.91 Å². The summed E-state index contributed by atoms with van der Waals surface area (Å²) in [7, 11) is 0. The molecule has 0 radical (unpaired) electrons. The first kappa shape index (κ1) is 22.4. The first-order chi connectivity index (χ1) is 16.5. The Labute approximate surface area is 203 Å². The summed E-state index contributed by atoms with van der Waals surface area (Å²) in [5.41, 5.74) is 1.44. The molecular weight excluding hydrogens is 478 g/mol. The number of halogens is 1. The Kier molecular flexibility index (Phi) is 6.23. The lowest BCUT2D eigenvalue weighted by atomic mass is 9.92. The van der Waals surface area contributed by atoms with Gasteiger partial charge < -0.3 is 14.8 Å². The Hall–Kier alpha value is -3.40. The van der Waals surface area contributed by atoms with E-state index in [4.69, 9.17) is 21.1 Å². The number of carbonyl (C=O) groups is 1. The van der Waals surface area contributed by atoms with E-state index in [2.05, 4.69) is 20.0 Å². The number of nitrogens with one attached hydrogen (secondary N) is 2. The number of aromatic amines is 1. The molecule has 1 fully saturated rings. The molecule has 10 heteroatoms. The Morgan fingerprint density at radius 2 is 1.91 bits per heavy atom. The van der Waals surface area contributed by atoms with Crippen LogP contribution in [0.25, 0.3) is 21.8 Å². The molecule has 0 bridgehead atoms. The van der Waals surface area contributed by atoms with Crippen molar-refractivity contribution in [2.24, 2.45) is 0 Å². The fourth-order valence-electron chi connectivity index (χ4n) is 3.77. The van der Waals surface area contributed by atoms with Gasteiger partial charge in [0.2, 0.25) is 0 Å². The highest BCUT2D eigenvalue weighted by atomic mass is 35.5. The van der Waals surface area contributed by atoms with Crippen molar-refractivity contribution < 1.29 is 18.8 Å². The van der Waals surface area contributed by atoms with Gasteiger partial charge in [-0.15, -0.1) is 11.3 Å². The predicted molar refractivity (Wildman–Crippen MR) is 129 cm³/mol. The van der Waals surface area contributed by atoms with E-state index in [1.807, 2.05) is 35.7 Å². The van der Waals surface area contributed by atoms with E-state index in [-0.39, 0.29) is 5.91 Å². The molecule has 8 nitrogen and oxygen atoms in total. The number of hydrogen-bond donors (Lipinski definition) is 2. The highest BCUT2D eigenvalue weighted by Crippen LogP contribution is 2.33. The highest BCUT2D eigenvalue weighted by Gasteiger charge is 2.42. The van der Waals surface area contributed by atoms with Crippen LogP contribution in [0, 0.1) is 0 Å². The molecule has 1 saturated heterocycles. The number of thiophene rings is 1. The number of hydrogen-bond acceptors (Lipinski definition) is 7. The van der Waals surface area contributed by atoms with Gasteiger partial charge in [-0.05, 0) is 59.0 Å². The molecule has 0 unspecified atom stereocenters. The van der Waals surface area contributed by atoms with Gasteiger partial charge in [0.15, 0.2) is 11.4 Å². The van der Waals surface area contributed by atoms with E-state index in [0.717, 1.165) is 16.0 Å². The maximum absolute atomic E-state index is 13.4. The molecule has 2 N–H and O–H groups in total. The van der Waals surface area contributed by atoms with E-state index in [9.17, 15) is 9.59 Å². The van der Waals surface area contributed by atoms with E-state index in [0.29, 0.717) is 48.3 Å². The molecule has 5 rings (SSSR count). The number of amides is 1. The van der Waals surface area contributed by atoms with Crippen LogP contribution in [-0.4, -0.2) is 34.9 Å². The summed E-state index contributed by atoms with van der Waals surface area (Å²) in [4.78, 5) is 28.0. The number of aromatic nitrogens is 2. The summed E-state index contributed by atoms with van der Waals surface area (Å²) >= 11 is 7.42. The van der Waals surface area contributed by atoms with E-state index < -0.39 is 11.4 Å². The van der Waals surface area contributed by atoms with Crippen LogP contribution >= 0.6 is 22.9 Å². The summed E-state index contributed by atoms with van der Waals surface area (Å²) in [5.74, 6) is 0.130. The summed E-state index contributed by atoms with van der Waals surface area (Å²) < 4.78 is 16.3. The van der Waals surface area contributed by atoms with Crippen molar-refractivity contribution >= 4 is 34.5 Å². The molecule has 0 atom stereocenters. The smallest absolute Gasteiger partial charge is 0.439 e. The van der Waals surface area contributed by atoms with Crippen LogP contribution in [0.3, 0.4) is 0 Å². The normalized spacial score (nSPS) is 15.1. The lowest BCUT2D eigenvalue weighted by Gasteiger charge is -2.36. The Morgan fingerprint density at radius 3 is 2.65 bits per heavy atom. The summed E-state index contributed by atoms with van der Waals surface area (Å²) in [6.07, 6.45) is 0.871. The third-order valence-electron chi connectivity index (χ3n) is 5.57. The number of rotatable bonds is 6. The van der Waals surface area contributed by atoms with Gasteiger partial charge in [0, 0.05) is 23.6 Å². The van der Waals surface area contributed by atoms with E-state index >= 15 is 0 Å². The Morgan fingerprint density at radius 1 is 1.12 bits per heavy atom. The van der Waals surface area contributed by atoms with Gasteiger partial charge in [-0.2, -0.15) is 0 Å². The molecular formula is C24H20ClN3O5S. The lowest BCUT2D eigenvalue weighted by molar-refractivity contribution is -0.139. The molecule has 1 aliphatic heterocycles. The van der Waals surface area contributed by atoms with E-state index in [1.54, 1.807) is 24.3 Å². The number of H-pyrrole nitrogens is 1. The van der Waals surface area contributed by atoms with Crippen molar-refractivity contribution in [3.8, 4) is 27.6 Å². The average Bonchev–Trinajstić information content (AvgIpc) is 3.51. The van der Waals surface area contributed by atoms with E-state index in [1.165, 1.54) is 11.3 Å². The summed E-state index contributed by atoms with van der Waals surface area (Å²) in [5, 5.41) is 9.30. The average molecular weight is 498 g/mol. The zero-order valence-electron chi connectivity index (χ0n) is 17.9. The monoisotopic (exact) mass is 497 g/mol. The van der Waals surface area contributed by atoms with Crippen LogP contribution in [-0.2, 0) is 9.53 Å². The minimum Gasteiger partial charge on any atom is -0.477 e. The molecule has 2 aromatic heterocycles. The third-order valence-corrected chi connectivity index (χ3v) is 6.76. The van der Waals surface area contributed by atoms with Gasteiger partial charge in [-0.3, -0.25) is 14.3 Å². The van der Waals surface area contributed by atoms with Crippen LogP contribution < -0.4 is 15.8 Å². The molecule has 1 aliphatic rings. The first-order valence-corrected chi connectivity index (χ1v) is 11.9. The fraction of sp³-hybridized carbons (Fsp3) is 0.208. The van der Waals surface area contributed by atoms with Gasteiger partial charge >= 0.3 is 5.76 Å². The third kappa shape index (κ3) is 4.77. The van der Waals surface area contributed by atoms with Crippen molar-refractivity contribution in [2.75, 3.05) is 18.5 Å². The van der Waals surface area contributed by atoms with Gasteiger partial charge in [0.1, 0.15) is 5.75 Å². The molecule has 0 saturated carbocycles. The molecule has 1 amide bonds. The van der Waals surface area contributed by atoms with Crippen LogP contribution in [0.15, 0.2) is 69.3 Å².